The Morgan fingerprint density at radius 2 is 1.35 bits per heavy atom. The average Bonchev–Trinajstić information content (AvgIpc) is 2.40. The van der Waals surface area contributed by atoms with E-state index in [1.165, 1.54) is 16.7 Å². The highest BCUT2D eigenvalue weighted by Crippen LogP contribution is 2.22. The van der Waals surface area contributed by atoms with Gasteiger partial charge in [-0.3, -0.25) is 0 Å². The van der Waals surface area contributed by atoms with Gasteiger partial charge in [-0.05, 0) is 35.7 Å². The summed E-state index contributed by atoms with van der Waals surface area (Å²) < 4.78 is 5.15. The number of hydrogen-bond acceptors (Lipinski definition) is 1. The van der Waals surface area contributed by atoms with Crippen molar-refractivity contribution in [1.29, 1.82) is 0 Å². The van der Waals surface area contributed by atoms with Crippen molar-refractivity contribution < 1.29 is 4.74 Å². The second kappa shape index (κ2) is 5.35. The standard InChI is InChI=1S/C16H16O/c1-3-4-13-5-7-14(8-6-13)15-9-11-16(17-2)12-10-15/h3-12H,1-2H3/b4-3-. The first-order chi connectivity index (χ1) is 8.33. The van der Waals surface area contributed by atoms with Crippen LogP contribution in [0.3, 0.4) is 0 Å². The van der Waals surface area contributed by atoms with Crippen LogP contribution in [0, 0.1) is 0 Å². The molecule has 0 radical (unpaired) electrons. The second-order valence-electron chi connectivity index (χ2n) is 3.85. The zero-order chi connectivity index (χ0) is 12.1. The number of ether oxygens (including phenoxy) is 1. The summed E-state index contributed by atoms with van der Waals surface area (Å²) in [7, 11) is 1.68. The van der Waals surface area contributed by atoms with Crippen molar-refractivity contribution in [3.8, 4) is 16.9 Å². The predicted molar refractivity (Wildman–Crippen MR) is 73.1 cm³/mol. The van der Waals surface area contributed by atoms with Gasteiger partial charge < -0.3 is 4.74 Å². The molecular formula is C16H16O. The Labute approximate surface area is 102 Å². The molecule has 1 heteroatoms. The van der Waals surface area contributed by atoms with Crippen molar-refractivity contribution in [2.75, 3.05) is 7.11 Å². The highest BCUT2D eigenvalue weighted by Gasteiger charge is 1.97. The van der Waals surface area contributed by atoms with Crippen LogP contribution in [0.2, 0.25) is 0 Å². The van der Waals surface area contributed by atoms with Gasteiger partial charge in [-0.1, -0.05) is 48.6 Å². The first kappa shape index (κ1) is 11.5. The number of hydrogen-bond donors (Lipinski definition) is 0. The number of benzene rings is 2. The molecule has 0 aliphatic heterocycles. The van der Waals surface area contributed by atoms with Crippen LogP contribution in [0.1, 0.15) is 12.5 Å². The van der Waals surface area contributed by atoms with Crippen LogP contribution in [-0.2, 0) is 0 Å². The summed E-state index contributed by atoms with van der Waals surface area (Å²) in [4.78, 5) is 0. The zero-order valence-corrected chi connectivity index (χ0v) is 10.2. The first-order valence-electron chi connectivity index (χ1n) is 5.70. The van der Waals surface area contributed by atoms with Gasteiger partial charge in [0.1, 0.15) is 5.75 Å². The average molecular weight is 224 g/mol. The number of allylic oxidation sites excluding steroid dienone is 1. The van der Waals surface area contributed by atoms with Crippen LogP contribution in [0.5, 0.6) is 5.75 Å². The molecule has 0 amide bonds. The minimum atomic E-state index is 0.888. The van der Waals surface area contributed by atoms with Crippen molar-refractivity contribution in [1.82, 2.24) is 0 Å². The van der Waals surface area contributed by atoms with E-state index in [1.807, 2.05) is 25.1 Å². The van der Waals surface area contributed by atoms with Crippen molar-refractivity contribution in [2.24, 2.45) is 0 Å². The SMILES string of the molecule is C/C=C\c1ccc(-c2ccc(OC)cc2)cc1. The molecule has 1 nitrogen and oxygen atoms in total. The van der Waals surface area contributed by atoms with Gasteiger partial charge in [0, 0.05) is 0 Å². The summed E-state index contributed by atoms with van der Waals surface area (Å²) >= 11 is 0. The maximum Gasteiger partial charge on any atom is 0.118 e. The molecular weight excluding hydrogens is 208 g/mol. The number of rotatable bonds is 3. The van der Waals surface area contributed by atoms with Crippen molar-refractivity contribution in [2.45, 2.75) is 6.92 Å². The molecule has 2 aromatic carbocycles. The molecule has 0 unspecified atom stereocenters. The Bertz CT molecular complexity index is 492. The Morgan fingerprint density at radius 3 is 1.82 bits per heavy atom. The van der Waals surface area contributed by atoms with Crippen LogP contribution < -0.4 is 4.74 Å². The van der Waals surface area contributed by atoms with E-state index in [0.29, 0.717) is 0 Å². The second-order valence-corrected chi connectivity index (χ2v) is 3.85. The highest BCUT2D eigenvalue weighted by atomic mass is 16.5. The fourth-order valence-corrected chi connectivity index (χ4v) is 1.76. The fraction of sp³-hybridized carbons (Fsp3) is 0.125. The maximum atomic E-state index is 5.15. The molecule has 0 bridgehead atoms. The van der Waals surface area contributed by atoms with Gasteiger partial charge in [0.25, 0.3) is 0 Å². The van der Waals surface area contributed by atoms with Crippen LogP contribution >= 0.6 is 0 Å². The highest BCUT2D eigenvalue weighted by molar-refractivity contribution is 5.66. The first-order valence-corrected chi connectivity index (χ1v) is 5.70. The fourth-order valence-electron chi connectivity index (χ4n) is 1.76. The van der Waals surface area contributed by atoms with Crippen LogP contribution in [-0.4, -0.2) is 7.11 Å². The molecule has 0 saturated heterocycles. The third kappa shape index (κ3) is 2.76. The Kier molecular flexibility index (Phi) is 3.61. The summed E-state index contributed by atoms with van der Waals surface area (Å²) in [6, 6.07) is 16.6. The van der Waals surface area contributed by atoms with Crippen LogP contribution in [0.15, 0.2) is 54.6 Å². The van der Waals surface area contributed by atoms with E-state index in [9.17, 15) is 0 Å². The van der Waals surface area contributed by atoms with Crippen LogP contribution in [0.4, 0.5) is 0 Å². The normalized spacial score (nSPS) is 10.7. The lowest BCUT2D eigenvalue weighted by Crippen LogP contribution is -1.82. The summed E-state index contributed by atoms with van der Waals surface area (Å²) in [6.45, 7) is 2.03. The molecule has 0 heterocycles. The zero-order valence-electron chi connectivity index (χ0n) is 10.2. The van der Waals surface area contributed by atoms with E-state index in [4.69, 9.17) is 4.74 Å². The van der Waals surface area contributed by atoms with Gasteiger partial charge in [-0.25, -0.2) is 0 Å². The molecule has 0 atom stereocenters. The van der Waals surface area contributed by atoms with Gasteiger partial charge in [-0.15, -0.1) is 0 Å². The number of methoxy groups -OCH3 is 1. The minimum absolute atomic E-state index is 0.888. The lowest BCUT2D eigenvalue weighted by Gasteiger charge is -2.04. The smallest absolute Gasteiger partial charge is 0.118 e. The summed E-state index contributed by atoms with van der Waals surface area (Å²) in [5, 5.41) is 0. The van der Waals surface area contributed by atoms with E-state index >= 15 is 0 Å². The third-order valence-electron chi connectivity index (χ3n) is 2.69. The van der Waals surface area contributed by atoms with Gasteiger partial charge in [-0.2, -0.15) is 0 Å². The largest absolute Gasteiger partial charge is 0.497 e. The van der Waals surface area contributed by atoms with E-state index in [-0.39, 0.29) is 0 Å². The molecule has 86 valence electrons. The molecule has 0 aromatic heterocycles. The van der Waals surface area contributed by atoms with Crippen molar-refractivity contribution >= 4 is 6.08 Å². The molecule has 0 aliphatic rings. The summed E-state index contributed by atoms with van der Waals surface area (Å²) in [5.74, 6) is 0.888. The van der Waals surface area contributed by atoms with Gasteiger partial charge in [0.15, 0.2) is 0 Å². The monoisotopic (exact) mass is 224 g/mol. The molecule has 2 rings (SSSR count). The van der Waals surface area contributed by atoms with Gasteiger partial charge >= 0.3 is 0 Å². The quantitative estimate of drug-likeness (QED) is 0.751. The van der Waals surface area contributed by atoms with Crippen molar-refractivity contribution in [3.05, 3.63) is 60.2 Å². The Balaban J connectivity index is 2.26. The van der Waals surface area contributed by atoms with Crippen molar-refractivity contribution in [3.63, 3.8) is 0 Å². The van der Waals surface area contributed by atoms with Gasteiger partial charge in [0.2, 0.25) is 0 Å². The molecule has 17 heavy (non-hydrogen) atoms. The lowest BCUT2D eigenvalue weighted by atomic mass is 10.0. The molecule has 0 aliphatic carbocycles. The third-order valence-corrected chi connectivity index (χ3v) is 2.69. The lowest BCUT2D eigenvalue weighted by molar-refractivity contribution is 0.415. The van der Waals surface area contributed by atoms with E-state index in [2.05, 4.69) is 42.5 Å². The topological polar surface area (TPSA) is 9.23 Å². The summed E-state index contributed by atoms with van der Waals surface area (Å²) in [5.41, 5.74) is 3.66. The maximum absolute atomic E-state index is 5.15. The molecule has 0 saturated carbocycles. The predicted octanol–water partition coefficient (Wildman–Crippen LogP) is 4.40. The molecule has 0 spiro atoms. The van der Waals surface area contributed by atoms with Gasteiger partial charge in [0.05, 0.1) is 7.11 Å². The molecule has 0 N–H and O–H groups in total. The van der Waals surface area contributed by atoms with E-state index in [1.54, 1.807) is 7.11 Å². The Hall–Kier alpha value is -2.02. The summed E-state index contributed by atoms with van der Waals surface area (Å²) in [6.07, 6.45) is 4.14. The molecule has 0 fully saturated rings. The minimum Gasteiger partial charge on any atom is -0.497 e. The van der Waals surface area contributed by atoms with E-state index in [0.717, 1.165) is 5.75 Å². The van der Waals surface area contributed by atoms with E-state index < -0.39 is 0 Å². The molecule has 2 aromatic rings. The van der Waals surface area contributed by atoms with Crippen LogP contribution in [0.25, 0.3) is 17.2 Å². The Morgan fingerprint density at radius 1 is 0.824 bits per heavy atom.